The molecule has 2 unspecified atom stereocenters. The van der Waals surface area contributed by atoms with Crippen LogP contribution in [0, 0.1) is 0 Å². The lowest BCUT2D eigenvalue weighted by molar-refractivity contribution is -0.137. The van der Waals surface area contributed by atoms with E-state index in [2.05, 4.69) is 5.32 Å². The number of halogens is 3. The molecule has 0 aromatic heterocycles. The maximum atomic E-state index is 12.4. The molecule has 1 fully saturated rings. The van der Waals surface area contributed by atoms with Crippen molar-refractivity contribution in [2.45, 2.75) is 44.1 Å². The summed E-state index contributed by atoms with van der Waals surface area (Å²) in [6, 6.07) is 5.93. The molecule has 1 aromatic rings. The van der Waals surface area contributed by atoms with Crippen LogP contribution in [0.5, 0.6) is 0 Å². The minimum Gasteiger partial charge on any atom is -0.328 e. The highest BCUT2D eigenvalue weighted by atomic mass is 19.4. The maximum Gasteiger partial charge on any atom is 0.416 e. The van der Waals surface area contributed by atoms with Gasteiger partial charge >= 0.3 is 6.18 Å². The van der Waals surface area contributed by atoms with Gasteiger partial charge in [0, 0.05) is 18.6 Å². The smallest absolute Gasteiger partial charge is 0.328 e. The van der Waals surface area contributed by atoms with Crippen molar-refractivity contribution in [2.75, 3.05) is 0 Å². The Labute approximate surface area is 104 Å². The van der Waals surface area contributed by atoms with Gasteiger partial charge in [0.2, 0.25) is 0 Å². The van der Waals surface area contributed by atoms with Crippen molar-refractivity contribution in [3.8, 4) is 0 Å². The fourth-order valence-corrected chi connectivity index (χ4v) is 2.28. The number of alkyl halides is 3. The van der Waals surface area contributed by atoms with Crippen LogP contribution < -0.4 is 11.1 Å². The maximum absolute atomic E-state index is 12.4. The van der Waals surface area contributed by atoms with E-state index in [-0.39, 0.29) is 6.04 Å². The van der Waals surface area contributed by atoms with Crippen LogP contribution in [0.15, 0.2) is 24.3 Å². The predicted molar refractivity (Wildman–Crippen MR) is 63.9 cm³/mol. The van der Waals surface area contributed by atoms with Crippen LogP contribution in [0.2, 0.25) is 0 Å². The Hall–Kier alpha value is -1.07. The minimum atomic E-state index is -4.26. The molecular formula is C13H17F3N2. The normalized spacial score (nSPS) is 24.4. The van der Waals surface area contributed by atoms with Gasteiger partial charge in [-0.3, -0.25) is 0 Å². The molecule has 3 N–H and O–H groups in total. The van der Waals surface area contributed by atoms with Crippen LogP contribution in [-0.2, 0) is 12.7 Å². The molecule has 1 aliphatic rings. The standard InChI is InChI=1S/C13H17F3N2/c14-13(15,16)10-3-1-9(2-4-10)8-18-12-6-5-11(17)7-12/h1-4,11-12,18H,5-8,17H2. The van der Waals surface area contributed by atoms with Crippen LogP contribution >= 0.6 is 0 Å². The fraction of sp³-hybridized carbons (Fsp3) is 0.538. The molecule has 2 nitrogen and oxygen atoms in total. The molecule has 0 radical (unpaired) electrons. The lowest BCUT2D eigenvalue weighted by atomic mass is 10.1. The van der Waals surface area contributed by atoms with Gasteiger partial charge in [0.25, 0.3) is 0 Å². The fourth-order valence-electron chi connectivity index (χ4n) is 2.28. The Morgan fingerprint density at radius 1 is 1.17 bits per heavy atom. The molecule has 5 heteroatoms. The van der Waals surface area contributed by atoms with Gasteiger partial charge in [-0.15, -0.1) is 0 Å². The monoisotopic (exact) mass is 258 g/mol. The summed E-state index contributed by atoms with van der Waals surface area (Å²) in [4.78, 5) is 0. The van der Waals surface area contributed by atoms with Crippen LogP contribution in [0.3, 0.4) is 0 Å². The Morgan fingerprint density at radius 2 is 1.83 bits per heavy atom. The molecule has 100 valence electrons. The Balaban J connectivity index is 1.87. The van der Waals surface area contributed by atoms with Gasteiger partial charge < -0.3 is 11.1 Å². The van der Waals surface area contributed by atoms with E-state index in [1.54, 1.807) is 0 Å². The predicted octanol–water partition coefficient (Wildman–Crippen LogP) is 2.67. The number of benzene rings is 1. The molecule has 0 saturated heterocycles. The van der Waals surface area contributed by atoms with Crippen molar-refractivity contribution in [3.63, 3.8) is 0 Å². The summed E-state index contributed by atoms with van der Waals surface area (Å²) in [6.45, 7) is 0.593. The summed E-state index contributed by atoms with van der Waals surface area (Å²) < 4.78 is 37.1. The van der Waals surface area contributed by atoms with Gasteiger partial charge in [0.05, 0.1) is 5.56 Å². The topological polar surface area (TPSA) is 38.0 Å². The summed E-state index contributed by atoms with van der Waals surface area (Å²) in [5.41, 5.74) is 6.06. The van der Waals surface area contributed by atoms with E-state index >= 15 is 0 Å². The summed E-state index contributed by atoms with van der Waals surface area (Å²) in [7, 11) is 0. The highest BCUT2D eigenvalue weighted by Crippen LogP contribution is 2.29. The highest BCUT2D eigenvalue weighted by molar-refractivity contribution is 5.24. The second-order valence-corrected chi connectivity index (χ2v) is 4.85. The second kappa shape index (κ2) is 5.28. The SMILES string of the molecule is NC1CCC(NCc2ccc(C(F)(F)F)cc2)C1. The van der Waals surface area contributed by atoms with Crippen LogP contribution in [-0.4, -0.2) is 12.1 Å². The lowest BCUT2D eigenvalue weighted by Gasteiger charge is -2.13. The number of hydrogen-bond donors (Lipinski definition) is 2. The van der Waals surface area contributed by atoms with Crippen molar-refractivity contribution in [1.29, 1.82) is 0 Å². The number of nitrogens with one attached hydrogen (secondary N) is 1. The number of hydrogen-bond acceptors (Lipinski definition) is 2. The third-order valence-corrected chi connectivity index (χ3v) is 3.35. The van der Waals surface area contributed by atoms with Crippen molar-refractivity contribution in [1.82, 2.24) is 5.32 Å². The molecule has 0 amide bonds. The van der Waals surface area contributed by atoms with Crippen LogP contribution in [0.1, 0.15) is 30.4 Å². The zero-order valence-corrected chi connectivity index (χ0v) is 10.0. The Kier molecular flexibility index (Phi) is 3.92. The van der Waals surface area contributed by atoms with E-state index in [0.29, 0.717) is 12.6 Å². The third-order valence-electron chi connectivity index (χ3n) is 3.35. The van der Waals surface area contributed by atoms with E-state index in [1.807, 2.05) is 0 Å². The van der Waals surface area contributed by atoms with Crippen molar-refractivity contribution >= 4 is 0 Å². The van der Waals surface area contributed by atoms with E-state index in [1.165, 1.54) is 12.1 Å². The van der Waals surface area contributed by atoms with Gasteiger partial charge in [-0.05, 0) is 37.0 Å². The molecule has 1 aliphatic carbocycles. The highest BCUT2D eigenvalue weighted by Gasteiger charge is 2.29. The molecular weight excluding hydrogens is 241 g/mol. The molecule has 1 saturated carbocycles. The first-order valence-electron chi connectivity index (χ1n) is 6.10. The van der Waals surface area contributed by atoms with Gasteiger partial charge in [-0.25, -0.2) is 0 Å². The summed E-state index contributed by atoms with van der Waals surface area (Å²) in [6.07, 6.45) is -1.25. The van der Waals surface area contributed by atoms with Gasteiger partial charge in [-0.2, -0.15) is 13.2 Å². The van der Waals surface area contributed by atoms with Crippen molar-refractivity contribution in [2.24, 2.45) is 5.73 Å². The molecule has 0 heterocycles. The van der Waals surface area contributed by atoms with E-state index < -0.39 is 11.7 Å². The average molecular weight is 258 g/mol. The summed E-state index contributed by atoms with van der Waals surface area (Å²) in [5.74, 6) is 0. The van der Waals surface area contributed by atoms with Crippen LogP contribution in [0.4, 0.5) is 13.2 Å². The number of rotatable bonds is 3. The second-order valence-electron chi connectivity index (χ2n) is 4.85. The van der Waals surface area contributed by atoms with Crippen LogP contribution in [0.25, 0.3) is 0 Å². The lowest BCUT2D eigenvalue weighted by Crippen LogP contribution is -2.27. The van der Waals surface area contributed by atoms with E-state index in [4.69, 9.17) is 5.73 Å². The minimum absolute atomic E-state index is 0.259. The first-order valence-corrected chi connectivity index (χ1v) is 6.10. The molecule has 18 heavy (non-hydrogen) atoms. The van der Waals surface area contributed by atoms with E-state index in [0.717, 1.165) is 37.0 Å². The van der Waals surface area contributed by atoms with Gasteiger partial charge in [0.1, 0.15) is 0 Å². The Bertz CT molecular complexity index is 386. The van der Waals surface area contributed by atoms with E-state index in [9.17, 15) is 13.2 Å². The molecule has 1 aromatic carbocycles. The Morgan fingerprint density at radius 3 is 2.33 bits per heavy atom. The first-order chi connectivity index (χ1) is 8.45. The number of nitrogens with two attached hydrogens (primary N) is 1. The zero-order chi connectivity index (χ0) is 13.2. The van der Waals surface area contributed by atoms with Crippen molar-refractivity contribution in [3.05, 3.63) is 35.4 Å². The summed E-state index contributed by atoms with van der Waals surface area (Å²) >= 11 is 0. The quantitative estimate of drug-likeness (QED) is 0.874. The van der Waals surface area contributed by atoms with Gasteiger partial charge in [0.15, 0.2) is 0 Å². The van der Waals surface area contributed by atoms with Crippen molar-refractivity contribution < 1.29 is 13.2 Å². The first kappa shape index (κ1) is 13.4. The summed E-state index contributed by atoms with van der Waals surface area (Å²) in [5, 5.41) is 3.33. The molecule has 0 bridgehead atoms. The zero-order valence-electron chi connectivity index (χ0n) is 10.0. The average Bonchev–Trinajstić information content (AvgIpc) is 2.72. The largest absolute Gasteiger partial charge is 0.416 e. The third kappa shape index (κ3) is 3.46. The molecule has 2 rings (SSSR count). The molecule has 0 spiro atoms. The molecule has 0 aliphatic heterocycles. The van der Waals surface area contributed by atoms with Gasteiger partial charge in [-0.1, -0.05) is 12.1 Å². The molecule has 2 atom stereocenters.